The van der Waals surface area contributed by atoms with Gasteiger partial charge in [-0.05, 0) is 24.6 Å². The third-order valence-electron chi connectivity index (χ3n) is 5.02. The number of methoxy groups -OCH3 is 2. The molecule has 1 heterocycles. The summed E-state index contributed by atoms with van der Waals surface area (Å²) in [6, 6.07) is 11.6. The average molecular weight is 464 g/mol. The highest BCUT2D eigenvalue weighted by Gasteiger charge is 2.44. The van der Waals surface area contributed by atoms with Crippen molar-refractivity contribution in [2.45, 2.75) is 31.2 Å². The normalized spacial score (nSPS) is 18.0. The number of rotatable bonds is 8. The van der Waals surface area contributed by atoms with E-state index in [0.717, 1.165) is 18.4 Å². The molecule has 2 unspecified atom stereocenters. The third-order valence-corrected chi connectivity index (χ3v) is 6.67. The zero-order valence-corrected chi connectivity index (χ0v) is 19.4. The molecule has 0 aromatic heterocycles. The van der Waals surface area contributed by atoms with Crippen LogP contribution in [0.2, 0.25) is 5.02 Å². The number of thioether (sulfide) groups is 1. The molecule has 1 amide bonds. The molecule has 1 aliphatic rings. The Morgan fingerprint density at radius 2 is 1.81 bits per heavy atom. The summed E-state index contributed by atoms with van der Waals surface area (Å²) in [6.45, 7) is 2.36. The van der Waals surface area contributed by atoms with Gasteiger partial charge in [0.05, 0.1) is 20.8 Å². The summed E-state index contributed by atoms with van der Waals surface area (Å²) in [5, 5.41) is 0.128. The maximum Gasteiger partial charge on any atom is 0.329 e. The largest absolute Gasteiger partial charge is 0.497 e. The number of carbonyl (C=O) groups is 2. The van der Waals surface area contributed by atoms with Crippen LogP contribution in [-0.2, 0) is 9.53 Å². The SMILES string of the molecule is CCCCOC(=O)C1CSC(c2ccccc2Cl)N1C(=O)c1cc(OC)cc(OC)c1. The summed E-state index contributed by atoms with van der Waals surface area (Å²) in [5.41, 5.74) is 1.14. The Balaban J connectivity index is 1.99. The molecular formula is C23H26ClNO5S. The first-order chi connectivity index (χ1) is 15.0. The number of hydrogen-bond donors (Lipinski definition) is 0. The standard InChI is InChI=1S/C23H26ClNO5S/c1-4-5-10-30-23(27)20-14-31-22(18-8-6-7-9-19(18)24)25(20)21(26)15-11-16(28-2)13-17(12-15)29-3/h6-9,11-13,20,22H,4-5,10,14H2,1-3H3. The van der Waals surface area contributed by atoms with E-state index < -0.39 is 17.4 Å². The molecule has 0 radical (unpaired) electrons. The number of unbranched alkanes of at least 4 members (excludes halogenated alkanes) is 1. The van der Waals surface area contributed by atoms with Gasteiger partial charge in [-0.3, -0.25) is 4.79 Å². The van der Waals surface area contributed by atoms with E-state index in [1.807, 2.05) is 25.1 Å². The van der Waals surface area contributed by atoms with E-state index in [-0.39, 0.29) is 5.91 Å². The van der Waals surface area contributed by atoms with Gasteiger partial charge in [-0.2, -0.15) is 0 Å². The molecule has 0 aliphatic carbocycles. The Hall–Kier alpha value is -2.38. The summed E-state index contributed by atoms with van der Waals surface area (Å²) in [5.74, 6) is 0.688. The van der Waals surface area contributed by atoms with Crippen LogP contribution < -0.4 is 9.47 Å². The number of esters is 1. The van der Waals surface area contributed by atoms with E-state index in [9.17, 15) is 9.59 Å². The Morgan fingerprint density at radius 1 is 1.13 bits per heavy atom. The molecule has 0 N–H and O–H groups in total. The molecule has 31 heavy (non-hydrogen) atoms. The van der Waals surface area contributed by atoms with Crippen molar-refractivity contribution in [3.05, 3.63) is 58.6 Å². The molecular weight excluding hydrogens is 438 g/mol. The number of halogens is 1. The van der Waals surface area contributed by atoms with Crippen LogP contribution in [-0.4, -0.2) is 49.4 Å². The zero-order valence-electron chi connectivity index (χ0n) is 17.8. The molecule has 0 bridgehead atoms. The first-order valence-corrected chi connectivity index (χ1v) is 11.5. The minimum atomic E-state index is -0.715. The predicted octanol–water partition coefficient (Wildman–Crippen LogP) is 4.96. The van der Waals surface area contributed by atoms with Gasteiger partial charge in [0.1, 0.15) is 22.9 Å². The summed E-state index contributed by atoms with van der Waals surface area (Å²) < 4.78 is 16.1. The van der Waals surface area contributed by atoms with E-state index in [0.29, 0.717) is 34.4 Å². The zero-order chi connectivity index (χ0) is 22.4. The summed E-state index contributed by atoms with van der Waals surface area (Å²) in [4.78, 5) is 28.1. The van der Waals surface area contributed by atoms with Crippen molar-refractivity contribution >= 4 is 35.2 Å². The maximum atomic E-state index is 13.7. The van der Waals surface area contributed by atoms with Crippen LogP contribution in [0.5, 0.6) is 11.5 Å². The molecule has 3 rings (SSSR count). The Morgan fingerprint density at radius 3 is 2.42 bits per heavy atom. The molecule has 2 atom stereocenters. The van der Waals surface area contributed by atoms with Crippen molar-refractivity contribution in [3.63, 3.8) is 0 Å². The number of hydrogen-bond acceptors (Lipinski definition) is 6. The molecule has 0 spiro atoms. The molecule has 166 valence electrons. The summed E-state index contributed by atoms with van der Waals surface area (Å²) >= 11 is 7.93. The Bertz CT molecular complexity index is 916. The minimum absolute atomic E-state index is 0.315. The molecule has 2 aromatic rings. The van der Waals surface area contributed by atoms with Gasteiger partial charge in [-0.1, -0.05) is 43.1 Å². The van der Waals surface area contributed by atoms with Crippen molar-refractivity contribution in [1.82, 2.24) is 4.90 Å². The van der Waals surface area contributed by atoms with Crippen molar-refractivity contribution in [3.8, 4) is 11.5 Å². The van der Waals surface area contributed by atoms with Gasteiger partial charge in [0.25, 0.3) is 5.91 Å². The number of nitrogens with zero attached hydrogens (tertiary/aromatic N) is 1. The van der Waals surface area contributed by atoms with Crippen LogP contribution >= 0.6 is 23.4 Å². The lowest BCUT2D eigenvalue weighted by atomic mass is 10.1. The predicted molar refractivity (Wildman–Crippen MR) is 122 cm³/mol. The monoisotopic (exact) mass is 463 g/mol. The van der Waals surface area contributed by atoms with Crippen LogP contribution in [0.15, 0.2) is 42.5 Å². The van der Waals surface area contributed by atoms with E-state index >= 15 is 0 Å². The van der Waals surface area contributed by atoms with Gasteiger partial charge in [0.2, 0.25) is 0 Å². The molecule has 1 aliphatic heterocycles. The van der Waals surface area contributed by atoms with Gasteiger partial charge >= 0.3 is 5.97 Å². The summed E-state index contributed by atoms with van der Waals surface area (Å²) in [6.07, 6.45) is 1.70. The number of ether oxygens (including phenoxy) is 3. The number of amides is 1. The van der Waals surface area contributed by atoms with Gasteiger partial charge in [-0.15, -0.1) is 11.8 Å². The summed E-state index contributed by atoms with van der Waals surface area (Å²) in [7, 11) is 3.05. The second kappa shape index (κ2) is 10.8. The highest BCUT2D eigenvalue weighted by Crippen LogP contribution is 2.45. The molecule has 6 nitrogen and oxygen atoms in total. The van der Waals surface area contributed by atoms with Crippen molar-refractivity contribution in [2.24, 2.45) is 0 Å². The quantitative estimate of drug-likeness (QED) is 0.407. The molecule has 2 aromatic carbocycles. The third kappa shape index (κ3) is 5.28. The minimum Gasteiger partial charge on any atom is -0.497 e. The highest BCUT2D eigenvalue weighted by atomic mass is 35.5. The van der Waals surface area contributed by atoms with Crippen molar-refractivity contribution in [2.75, 3.05) is 26.6 Å². The molecule has 0 saturated carbocycles. The smallest absolute Gasteiger partial charge is 0.329 e. The highest BCUT2D eigenvalue weighted by molar-refractivity contribution is 7.99. The van der Waals surface area contributed by atoms with Crippen molar-refractivity contribution in [1.29, 1.82) is 0 Å². The second-order valence-corrected chi connectivity index (χ2v) is 8.58. The van der Waals surface area contributed by atoms with Gasteiger partial charge < -0.3 is 19.1 Å². The van der Waals surface area contributed by atoms with Crippen LogP contribution in [0, 0.1) is 0 Å². The topological polar surface area (TPSA) is 65.1 Å². The molecule has 1 fully saturated rings. The lowest BCUT2D eigenvalue weighted by molar-refractivity contribution is -0.148. The van der Waals surface area contributed by atoms with Crippen molar-refractivity contribution < 1.29 is 23.8 Å². The van der Waals surface area contributed by atoms with Gasteiger partial charge in [-0.25, -0.2) is 4.79 Å². The molecule has 8 heteroatoms. The lowest BCUT2D eigenvalue weighted by Crippen LogP contribution is -2.44. The van der Waals surface area contributed by atoms with E-state index in [1.165, 1.54) is 26.0 Å². The Kier molecular flexibility index (Phi) is 8.09. The number of benzene rings is 2. The van der Waals surface area contributed by atoms with Gasteiger partial charge in [0.15, 0.2) is 0 Å². The van der Waals surface area contributed by atoms with Gasteiger partial charge in [0, 0.05) is 28.0 Å². The van der Waals surface area contributed by atoms with Crippen LogP contribution in [0.3, 0.4) is 0 Å². The fourth-order valence-corrected chi connectivity index (χ4v) is 5.10. The first kappa shape index (κ1) is 23.3. The average Bonchev–Trinajstić information content (AvgIpc) is 3.23. The fraction of sp³-hybridized carbons (Fsp3) is 0.391. The van der Waals surface area contributed by atoms with E-state index in [2.05, 4.69) is 0 Å². The number of carbonyl (C=O) groups excluding carboxylic acids is 2. The first-order valence-electron chi connectivity index (χ1n) is 10.1. The maximum absolute atomic E-state index is 13.7. The van der Waals surface area contributed by atoms with E-state index in [4.69, 9.17) is 25.8 Å². The van der Waals surface area contributed by atoms with Crippen LogP contribution in [0.25, 0.3) is 0 Å². The molecule has 1 saturated heterocycles. The lowest BCUT2D eigenvalue weighted by Gasteiger charge is -2.29. The Labute approximate surface area is 191 Å². The van der Waals surface area contributed by atoms with Crippen LogP contribution in [0.4, 0.5) is 0 Å². The fourth-order valence-electron chi connectivity index (χ4n) is 3.34. The van der Waals surface area contributed by atoms with Crippen LogP contribution in [0.1, 0.15) is 41.1 Å². The second-order valence-electron chi connectivity index (χ2n) is 7.06. The van der Waals surface area contributed by atoms with E-state index in [1.54, 1.807) is 29.2 Å².